The third-order valence-electron chi connectivity index (χ3n) is 5.23. The smallest absolute Gasteiger partial charge is 0.239 e. The van der Waals surface area contributed by atoms with E-state index in [1.165, 1.54) is 43.9 Å². The number of carbonyl (C=O) groups excluding carboxylic acids is 1. The SMILES string of the molecule is CCCCCCCCOc1ccc(/C=N/N=C2/NC(=O)C(Cc3c(Cl)cccc3Cl)S2)cc1. The molecule has 0 aromatic heterocycles. The Labute approximate surface area is 210 Å². The third-order valence-corrected chi connectivity index (χ3v) is 7.01. The number of halogens is 2. The number of rotatable bonds is 12. The first-order valence-corrected chi connectivity index (χ1v) is 12.9. The molecule has 1 fully saturated rings. The van der Waals surface area contributed by atoms with Crippen molar-refractivity contribution in [2.75, 3.05) is 6.61 Å². The van der Waals surface area contributed by atoms with E-state index in [0.29, 0.717) is 21.6 Å². The van der Waals surface area contributed by atoms with E-state index in [1.807, 2.05) is 24.3 Å². The zero-order valence-electron chi connectivity index (χ0n) is 18.7. The monoisotopic (exact) mass is 505 g/mol. The van der Waals surface area contributed by atoms with Crippen molar-refractivity contribution in [3.05, 3.63) is 63.6 Å². The van der Waals surface area contributed by atoms with Gasteiger partial charge in [0.05, 0.1) is 18.1 Å². The average molecular weight is 506 g/mol. The summed E-state index contributed by atoms with van der Waals surface area (Å²) in [6.45, 7) is 2.97. The Hall–Kier alpha value is -2.02. The summed E-state index contributed by atoms with van der Waals surface area (Å²) in [4.78, 5) is 12.3. The Morgan fingerprint density at radius 1 is 1.03 bits per heavy atom. The lowest BCUT2D eigenvalue weighted by atomic mass is 10.1. The van der Waals surface area contributed by atoms with Crippen molar-refractivity contribution in [3.63, 3.8) is 0 Å². The number of nitrogens with zero attached hydrogens (tertiary/aromatic N) is 2. The first-order chi connectivity index (χ1) is 16.1. The molecule has 0 bridgehead atoms. The van der Waals surface area contributed by atoms with Crippen LogP contribution in [0.25, 0.3) is 0 Å². The zero-order chi connectivity index (χ0) is 23.5. The van der Waals surface area contributed by atoms with Crippen LogP contribution in [0.1, 0.15) is 56.6 Å². The molecule has 33 heavy (non-hydrogen) atoms. The maximum absolute atomic E-state index is 12.3. The number of benzene rings is 2. The molecule has 1 atom stereocenters. The molecule has 0 saturated carbocycles. The molecule has 1 amide bonds. The molecule has 2 aromatic rings. The maximum Gasteiger partial charge on any atom is 0.239 e. The minimum atomic E-state index is -0.348. The maximum atomic E-state index is 12.3. The van der Waals surface area contributed by atoms with E-state index in [9.17, 15) is 4.79 Å². The second-order valence-corrected chi connectivity index (χ2v) is 9.84. The van der Waals surface area contributed by atoms with Crippen molar-refractivity contribution >= 4 is 52.3 Å². The number of unbranched alkanes of at least 4 members (excludes halogenated alkanes) is 5. The first kappa shape index (κ1) is 25.6. The van der Waals surface area contributed by atoms with E-state index >= 15 is 0 Å². The van der Waals surface area contributed by atoms with E-state index < -0.39 is 0 Å². The molecule has 0 radical (unpaired) electrons. The summed E-state index contributed by atoms with van der Waals surface area (Å²) in [5.74, 6) is 0.725. The minimum Gasteiger partial charge on any atom is -0.494 e. The van der Waals surface area contributed by atoms with Crippen LogP contribution in [-0.2, 0) is 11.2 Å². The highest BCUT2D eigenvalue weighted by molar-refractivity contribution is 8.15. The van der Waals surface area contributed by atoms with Gasteiger partial charge in [-0.3, -0.25) is 4.79 Å². The summed E-state index contributed by atoms with van der Waals surface area (Å²) in [6, 6.07) is 13.1. The number of nitrogens with one attached hydrogen (secondary N) is 1. The largest absolute Gasteiger partial charge is 0.494 e. The van der Waals surface area contributed by atoms with Crippen LogP contribution >= 0.6 is 35.0 Å². The Morgan fingerprint density at radius 2 is 1.73 bits per heavy atom. The molecule has 5 nitrogen and oxygen atoms in total. The summed E-state index contributed by atoms with van der Waals surface area (Å²) < 4.78 is 5.80. The van der Waals surface area contributed by atoms with E-state index in [1.54, 1.807) is 24.4 Å². The van der Waals surface area contributed by atoms with E-state index in [2.05, 4.69) is 22.4 Å². The number of ether oxygens (including phenoxy) is 1. The van der Waals surface area contributed by atoms with Crippen molar-refractivity contribution < 1.29 is 9.53 Å². The predicted molar refractivity (Wildman–Crippen MR) is 140 cm³/mol. The summed E-state index contributed by atoms with van der Waals surface area (Å²) in [6.07, 6.45) is 9.55. The minimum absolute atomic E-state index is 0.128. The molecular weight excluding hydrogens is 477 g/mol. The second-order valence-electron chi connectivity index (χ2n) is 7.84. The van der Waals surface area contributed by atoms with Gasteiger partial charge in [-0.15, -0.1) is 5.10 Å². The average Bonchev–Trinajstić information content (AvgIpc) is 3.15. The van der Waals surface area contributed by atoms with Crippen LogP contribution in [-0.4, -0.2) is 29.1 Å². The standard InChI is InChI=1S/C25H29Cl2N3O2S/c1-2-3-4-5-6-7-15-32-19-13-11-18(12-14-19)17-28-30-25-29-24(31)23(33-25)16-20-21(26)9-8-10-22(20)27/h8-14,17,23H,2-7,15-16H2,1H3,(H,29,30,31)/b28-17+. The van der Waals surface area contributed by atoms with Gasteiger partial charge in [0.15, 0.2) is 5.17 Å². The number of hydrogen-bond acceptors (Lipinski definition) is 5. The van der Waals surface area contributed by atoms with Gasteiger partial charge in [-0.1, -0.05) is 80.1 Å². The van der Waals surface area contributed by atoms with Crippen molar-refractivity contribution in [2.45, 2.75) is 57.1 Å². The van der Waals surface area contributed by atoms with Gasteiger partial charge in [0.25, 0.3) is 0 Å². The van der Waals surface area contributed by atoms with Gasteiger partial charge in [-0.05, 0) is 60.4 Å². The van der Waals surface area contributed by atoms with Crippen molar-refractivity contribution in [2.24, 2.45) is 10.2 Å². The number of thioether (sulfide) groups is 1. The van der Waals surface area contributed by atoms with Gasteiger partial charge < -0.3 is 10.1 Å². The highest BCUT2D eigenvalue weighted by Crippen LogP contribution is 2.30. The van der Waals surface area contributed by atoms with Crippen LogP contribution in [0.2, 0.25) is 10.0 Å². The molecule has 2 aromatic carbocycles. The molecule has 1 heterocycles. The zero-order valence-corrected chi connectivity index (χ0v) is 21.1. The van der Waals surface area contributed by atoms with E-state index in [-0.39, 0.29) is 11.2 Å². The van der Waals surface area contributed by atoms with Gasteiger partial charge >= 0.3 is 0 Å². The molecule has 1 unspecified atom stereocenters. The lowest BCUT2D eigenvalue weighted by molar-refractivity contribution is -0.118. The molecule has 1 N–H and O–H groups in total. The van der Waals surface area contributed by atoms with E-state index in [0.717, 1.165) is 29.9 Å². The molecule has 1 aliphatic rings. The molecule has 0 spiro atoms. The summed E-state index contributed by atoms with van der Waals surface area (Å²) >= 11 is 13.8. The van der Waals surface area contributed by atoms with Crippen molar-refractivity contribution in [1.82, 2.24) is 5.32 Å². The van der Waals surface area contributed by atoms with Gasteiger partial charge in [0, 0.05) is 10.0 Å². The Bertz CT molecular complexity index is 960. The lowest BCUT2D eigenvalue weighted by Gasteiger charge is -2.09. The van der Waals surface area contributed by atoms with Crippen molar-refractivity contribution in [3.8, 4) is 5.75 Å². The number of hydrogen-bond donors (Lipinski definition) is 1. The Kier molecular flexibility index (Phi) is 10.6. The molecule has 1 aliphatic heterocycles. The fraction of sp³-hybridized carbons (Fsp3) is 0.400. The summed E-state index contributed by atoms with van der Waals surface area (Å²) in [5, 5.41) is 12.2. The van der Waals surface area contributed by atoms with Crippen LogP contribution in [0.3, 0.4) is 0 Å². The number of amides is 1. The van der Waals surface area contributed by atoms with Gasteiger partial charge in [0.2, 0.25) is 5.91 Å². The fourth-order valence-electron chi connectivity index (χ4n) is 3.37. The molecule has 1 saturated heterocycles. The lowest BCUT2D eigenvalue weighted by Crippen LogP contribution is -2.26. The van der Waals surface area contributed by atoms with E-state index in [4.69, 9.17) is 27.9 Å². The third kappa shape index (κ3) is 8.36. The molecule has 176 valence electrons. The van der Waals surface area contributed by atoms with Crippen molar-refractivity contribution in [1.29, 1.82) is 0 Å². The van der Waals surface area contributed by atoms with Crippen LogP contribution < -0.4 is 10.1 Å². The topological polar surface area (TPSA) is 63.1 Å². The van der Waals surface area contributed by atoms with Gasteiger partial charge in [-0.2, -0.15) is 5.10 Å². The summed E-state index contributed by atoms with van der Waals surface area (Å²) in [5.41, 5.74) is 1.66. The molecule has 3 rings (SSSR count). The van der Waals surface area contributed by atoms with Crippen LogP contribution in [0.5, 0.6) is 5.75 Å². The first-order valence-electron chi connectivity index (χ1n) is 11.3. The predicted octanol–water partition coefficient (Wildman–Crippen LogP) is 6.90. The van der Waals surface area contributed by atoms with Crippen LogP contribution in [0.15, 0.2) is 52.7 Å². The number of amidine groups is 1. The highest BCUT2D eigenvalue weighted by atomic mass is 35.5. The molecular formula is C25H29Cl2N3O2S. The second kappa shape index (κ2) is 13.6. The fourth-order valence-corrected chi connectivity index (χ4v) is 4.86. The Morgan fingerprint density at radius 3 is 2.45 bits per heavy atom. The van der Waals surface area contributed by atoms with Crippen LogP contribution in [0.4, 0.5) is 0 Å². The molecule has 0 aliphatic carbocycles. The normalized spacial score (nSPS) is 17.1. The quantitative estimate of drug-likeness (QED) is 0.194. The van der Waals surface area contributed by atoms with Crippen LogP contribution in [0, 0.1) is 0 Å². The van der Waals surface area contributed by atoms with Gasteiger partial charge in [-0.25, -0.2) is 0 Å². The number of carbonyl (C=O) groups is 1. The summed E-state index contributed by atoms with van der Waals surface area (Å²) in [7, 11) is 0. The highest BCUT2D eigenvalue weighted by Gasteiger charge is 2.31. The van der Waals surface area contributed by atoms with Gasteiger partial charge in [0.1, 0.15) is 5.75 Å². The Balaban J connectivity index is 1.44. The molecule has 8 heteroatoms.